The van der Waals surface area contributed by atoms with Gasteiger partial charge in [0.15, 0.2) is 23.0 Å². The van der Waals surface area contributed by atoms with Crippen LogP contribution < -0.4 is 24.4 Å². The van der Waals surface area contributed by atoms with Crippen LogP contribution in [0.5, 0.6) is 28.7 Å². The molecular weight excluding hydrogens is 535 g/mol. The van der Waals surface area contributed by atoms with Gasteiger partial charge in [0.25, 0.3) is 5.91 Å². The Morgan fingerprint density at radius 3 is 2.24 bits per heavy atom. The molecule has 10 nitrogen and oxygen atoms in total. The van der Waals surface area contributed by atoms with Crippen molar-refractivity contribution in [3.05, 3.63) is 80.4 Å². The lowest BCUT2D eigenvalue weighted by molar-refractivity contribution is -0.385. The van der Waals surface area contributed by atoms with Gasteiger partial charge in [0.1, 0.15) is 0 Å². The number of hydrazone groups is 1. The number of hydrogen-bond donors (Lipinski definition) is 1. The maximum absolute atomic E-state index is 13.0. The smallest absolute Gasteiger partial charge is 0.416 e. The second-order valence-corrected chi connectivity index (χ2v) is 7.75. The van der Waals surface area contributed by atoms with Gasteiger partial charge in [-0.3, -0.25) is 14.9 Å². The monoisotopic (exact) mass is 553 g/mol. The standard InChI is InChI=1S/C24H19ClF3N3O7/c1-35-19-6-4-14(10-20(19)36-2)23(32)30-29-12-13-8-16(25)22(21(9-13)37-3)38-18-7-5-15(24(26,27)28)11-17(18)31(33)34/h4-12H,1-3H3,(H,30,32)/b29-12+. The number of hydrogen-bond acceptors (Lipinski definition) is 8. The Labute approximate surface area is 218 Å². The zero-order valence-electron chi connectivity index (χ0n) is 20.0. The summed E-state index contributed by atoms with van der Waals surface area (Å²) in [7, 11) is 4.15. The van der Waals surface area contributed by atoms with E-state index >= 15 is 0 Å². The normalized spacial score (nSPS) is 11.2. The zero-order valence-corrected chi connectivity index (χ0v) is 20.7. The third-order valence-corrected chi connectivity index (χ3v) is 5.25. The number of ether oxygens (including phenoxy) is 4. The van der Waals surface area contributed by atoms with E-state index in [0.717, 1.165) is 6.07 Å². The highest BCUT2D eigenvalue weighted by molar-refractivity contribution is 6.32. The van der Waals surface area contributed by atoms with Crippen LogP contribution in [0, 0.1) is 10.1 Å². The number of nitro groups is 1. The minimum atomic E-state index is -4.78. The number of nitrogens with zero attached hydrogens (tertiary/aromatic N) is 2. The molecule has 0 aliphatic carbocycles. The average molecular weight is 554 g/mol. The number of methoxy groups -OCH3 is 3. The highest BCUT2D eigenvalue weighted by Crippen LogP contribution is 2.43. The Morgan fingerprint density at radius 2 is 1.63 bits per heavy atom. The van der Waals surface area contributed by atoms with Crippen LogP contribution in [0.1, 0.15) is 21.5 Å². The van der Waals surface area contributed by atoms with Gasteiger partial charge in [-0.25, -0.2) is 5.43 Å². The molecular formula is C24H19ClF3N3O7. The fourth-order valence-electron chi connectivity index (χ4n) is 3.15. The summed E-state index contributed by atoms with van der Waals surface area (Å²) in [5.41, 5.74) is 0.799. The largest absolute Gasteiger partial charge is 0.493 e. The van der Waals surface area contributed by atoms with Crippen molar-refractivity contribution >= 4 is 29.4 Å². The molecule has 0 saturated heterocycles. The first-order valence-electron chi connectivity index (χ1n) is 10.4. The predicted molar refractivity (Wildman–Crippen MR) is 131 cm³/mol. The van der Waals surface area contributed by atoms with Gasteiger partial charge in [0.2, 0.25) is 5.75 Å². The summed E-state index contributed by atoms with van der Waals surface area (Å²) >= 11 is 6.27. The molecule has 0 unspecified atom stereocenters. The number of halogens is 4. The second kappa shape index (κ2) is 11.7. The Hall–Kier alpha value is -4.52. The van der Waals surface area contributed by atoms with Crippen LogP contribution in [0.2, 0.25) is 5.02 Å². The number of amides is 1. The van der Waals surface area contributed by atoms with Gasteiger partial charge >= 0.3 is 11.9 Å². The molecule has 0 atom stereocenters. The number of benzene rings is 3. The molecule has 38 heavy (non-hydrogen) atoms. The van der Waals surface area contributed by atoms with Crippen molar-refractivity contribution < 1.29 is 41.8 Å². The van der Waals surface area contributed by atoms with E-state index in [2.05, 4.69) is 10.5 Å². The SMILES string of the molecule is COc1ccc(C(=O)N/N=C/c2cc(Cl)c(Oc3ccc(C(F)(F)F)cc3[N+](=O)[O-])c(OC)c2)cc1OC. The third-order valence-electron chi connectivity index (χ3n) is 4.97. The molecule has 200 valence electrons. The lowest BCUT2D eigenvalue weighted by Gasteiger charge is -2.14. The number of carbonyl (C=O) groups is 1. The lowest BCUT2D eigenvalue weighted by Crippen LogP contribution is -2.17. The molecule has 14 heteroatoms. The van der Waals surface area contributed by atoms with E-state index in [4.69, 9.17) is 30.5 Å². The zero-order chi connectivity index (χ0) is 28.0. The van der Waals surface area contributed by atoms with Crippen LogP contribution in [0.4, 0.5) is 18.9 Å². The molecule has 3 rings (SSSR count). The Morgan fingerprint density at radius 1 is 0.974 bits per heavy atom. The molecule has 0 spiro atoms. The van der Waals surface area contributed by atoms with Crippen molar-refractivity contribution in [2.75, 3.05) is 21.3 Å². The van der Waals surface area contributed by atoms with E-state index in [1.807, 2.05) is 0 Å². The number of rotatable bonds is 9. The van der Waals surface area contributed by atoms with Crippen LogP contribution in [-0.2, 0) is 6.18 Å². The first-order chi connectivity index (χ1) is 18.0. The number of nitro benzene ring substituents is 1. The van der Waals surface area contributed by atoms with E-state index in [1.165, 1.54) is 51.8 Å². The van der Waals surface area contributed by atoms with E-state index in [-0.39, 0.29) is 22.1 Å². The molecule has 0 aliphatic rings. The number of alkyl halides is 3. The van der Waals surface area contributed by atoms with Crippen molar-refractivity contribution in [1.29, 1.82) is 0 Å². The van der Waals surface area contributed by atoms with Gasteiger partial charge in [0.05, 0.1) is 43.1 Å². The molecule has 0 radical (unpaired) electrons. The van der Waals surface area contributed by atoms with Gasteiger partial charge < -0.3 is 18.9 Å². The molecule has 1 amide bonds. The van der Waals surface area contributed by atoms with Gasteiger partial charge in [0, 0.05) is 11.6 Å². The molecule has 0 aromatic heterocycles. The fourth-order valence-corrected chi connectivity index (χ4v) is 3.41. The molecule has 0 fully saturated rings. The summed E-state index contributed by atoms with van der Waals surface area (Å²) in [5.74, 6) is -0.410. The molecule has 0 saturated carbocycles. The molecule has 0 aliphatic heterocycles. The summed E-state index contributed by atoms with van der Waals surface area (Å²) in [6, 6.07) is 9.10. The van der Waals surface area contributed by atoms with Crippen LogP contribution in [-0.4, -0.2) is 38.4 Å². The summed E-state index contributed by atoms with van der Waals surface area (Å²) in [5, 5.41) is 15.1. The van der Waals surface area contributed by atoms with E-state index in [0.29, 0.717) is 29.2 Å². The first-order valence-corrected chi connectivity index (χ1v) is 10.8. The Kier molecular flexibility index (Phi) is 8.63. The van der Waals surface area contributed by atoms with Crippen LogP contribution in [0.25, 0.3) is 0 Å². The topological polar surface area (TPSA) is 122 Å². The first kappa shape index (κ1) is 28.1. The number of carbonyl (C=O) groups excluding carboxylic acids is 1. The Bertz CT molecular complexity index is 1400. The quantitative estimate of drug-likeness (QED) is 0.200. The molecule has 0 heterocycles. The minimum Gasteiger partial charge on any atom is -0.493 e. The fraction of sp³-hybridized carbons (Fsp3) is 0.167. The van der Waals surface area contributed by atoms with Crippen molar-refractivity contribution in [1.82, 2.24) is 5.43 Å². The molecule has 1 N–H and O–H groups in total. The van der Waals surface area contributed by atoms with Crippen molar-refractivity contribution in [2.45, 2.75) is 6.18 Å². The van der Waals surface area contributed by atoms with Crippen molar-refractivity contribution in [3.63, 3.8) is 0 Å². The molecule has 3 aromatic carbocycles. The Balaban J connectivity index is 1.83. The summed E-state index contributed by atoms with van der Waals surface area (Å²) in [6.45, 7) is 0. The summed E-state index contributed by atoms with van der Waals surface area (Å²) in [4.78, 5) is 22.8. The summed E-state index contributed by atoms with van der Waals surface area (Å²) in [6.07, 6.45) is -3.54. The van der Waals surface area contributed by atoms with E-state index in [1.54, 1.807) is 6.07 Å². The lowest BCUT2D eigenvalue weighted by atomic mass is 10.1. The third kappa shape index (κ3) is 6.42. The summed E-state index contributed by atoms with van der Waals surface area (Å²) < 4.78 is 59.9. The van der Waals surface area contributed by atoms with Crippen LogP contribution in [0.3, 0.4) is 0 Å². The molecule has 3 aromatic rings. The minimum absolute atomic E-state index is 0.000590. The van der Waals surface area contributed by atoms with Gasteiger partial charge in [-0.15, -0.1) is 0 Å². The maximum Gasteiger partial charge on any atom is 0.416 e. The second-order valence-electron chi connectivity index (χ2n) is 7.34. The van der Waals surface area contributed by atoms with Gasteiger partial charge in [-0.2, -0.15) is 18.3 Å². The average Bonchev–Trinajstić information content (AvgIpc) is 2.88. The van der Waals surface area contributed by atoms with Crippen molar-refractivity contribution in [2.24, 2.45) is 5.10 Å². The highest BCUT2D eigenvalue weighted by Gasteiger charge is 2.33. The van der Waals surface area contributed by atoms with Crippen LogP contribution in [0.15, 0.2) is 53.6 Å². The van der Waals surface area contributed by atoms with Gasteiger partial charge in [-0.1, -0.05) is 11.6 Å². The highest BCUT2D eigenvalue weighted by atomic mass is 35.5. The predicted octanol–water partition coefficient (Wildman–Crippen LogP) is 5.85. The molecule has 0 bridgehead atoms. The van der Waals surface area contributed by atoms with E-state index < -0.39 is 34.0 Å². The maximum atomic E-state index is 13.0. The van der Waals surface area contributed by atoms with Crippen LogP contribution >= 0.6 is 11.6 Å². The van der Waals surface area contributed by atoms with Crippen molar-refractivity contribution in [3.8, 4) is 28.7 Å². The van der Waals surface area contributed by atoms with Gasteiger partial charge in [-0.05, 0) is 48.0 Å². The number of nitrogens with one attached hydrogen (secondary N) is 1. The van der Waals surface area contributed by atoms with E-state index in [9.17, 15) is 28.1 Å².